The molecule has 0 unspecified atom stereocenters. The van der Waals surface area contributed by atoms with E-state index in [9.17, 15) is 9.59 Å². The van der Waals surface area contributed by atoms with Crippen LogP contribution in [0.4, 0.5) is 0 Å². The lowest BCUT2D eigenvalue weighted by molar-refractivity contribution is 0.0505. The topological polar surface area (TPSA) is 61.2 Å². The van der Waals surface area contributed by atoms with E-state index in [1.807, 2.05) is 24.4 Å². The van der Waals surface area contributed by atoms with Gasteiger partial charge in [0.1, 0.15) is 4.83 Å². The lowest BCUT2D eigenvalue weighted by Crippen LogP contribution is -2.21. The Kier molecular flexibility index (Phi) is 6.09. The Morgan fingerprint density at radius 2 is 1.97 bits per heavy atom. The number of aryl methyl sites for hydroxylation is 2. The molecule has 0 bridgehead atoms. The summed E-state index contributed by atoms with van der Waals surface area (Å²) in [6.45, 7) is 2.70. The maximum atomic E-state index is 13.5. The second-order valence-corrected chi connectivity index (χ2v) is 9.39. The molecule has 5 rings (SSSR count). The molecule has 33 heavy (non-hydrogen) atoms. The van der Waals surface area contributed by atoms with Crippen LogP contribution in [0.1, 0.15) is 53.2 Å². The molecule has 1 aliphatic carbocycles. The number of aromatic nitrogens is 2. The number of hydrogen-bond acceptors (Lipinski definition) is 5. The third kappa shape index (κ3) is 4.35. The highest BCUT2D eigenvalue weighted by Gasteiger charge is 2.16. The van der Waals surface area contributed by atoms with Crippen LogP contribution >= 0.6 is 11.3 Å². The predicted octanol–water partition coefficient (Wildman–Crippen LogP) is 5.62. The molecule has 0 saturated carbocycles. The fourth-order valence-corrected chi connectivity index (χ4v) is 5.37. The van der Waals surface area contributed by atoms with Gasteiger partial charge in [0.2, 0.25) is 0 Å². The van der Waals surface area contributed by atoms with Crippen molar-refractivity contribution in [3.05, 3.63) is 86.8 Å². The maximum absolute atomic E-state index is 13.5. The SMILES string of the molecule is CCCOC(=O)c1cccc(Cn2cnc3scc(-c4ccc5c(c4)CCCC5)c3c2=O)c1. The standard InChI is InChI=1S/C27H26N2O3S/c1-2-12-32-27(31)22-9-5-6-18(13-22)15-29-17-28-25-24(26(29)30)23(16-33-25)21-11-10-19-7-3-4-8-20(19)14-21/h5-6,9-11,13-14,16-17H,2-4,7-8,12,15H2,1H3. The van der Waals surface area contributed by atoms with E-state index in [-0.39, 0.29) is 11.5 Å². The first-order valence-electron chi connectivity index (χ1n) is 11.5. The van der Waals surface area contributed by atoms with Gasteiger partial charge in [-0.2, -0.15) is 0 Å². The molecule has 0 radical (unpaired) electrons. The zero-order valence-corrected chi connectivity index (χ0v) is 19.5. The van der Waals surface area contributed by atoms with E-state index in [0.29, 0.717) is 24.1 Å². The van der Waals surface area contributed by atoms with Crippen molar-refractivity contribution in [2.45, 2.75) is 45.6 Å². The van der Waals surface area contributed by atoms with Crippen LogP contribution in [0.2, 0.25) is 0 Å². The number of carbonyl (C=O) groups excluding carboxylic acids is 1. The summed E-state index contributed by atoms with van der Waals surface area (Å²) in [4.78, 5) is 31.0. The second-order valence-electron chi connectivity index (χ2n) is 8.53. The first kappa shape index (κ1) is 21.6. The molecule has 2 aromatic heterocycles. The van der Waals surface area contributed by atoms with E-state index in [2.05, 4.69) is 23.2 Å². The Morgan fingerprint density at radius 3 is 2.82 bits per heavy atom. The van der Waals surface area contributed by atoms with Crippen molar-refractivity contribution in [3.63, 3.8) is 0 Å². The second kappa shape index (κ2) is 9.32. The molecule has 0 saturated heterocycles. The van der Waals surface area contributed by atoms with Crippen LogP contribution in [0, 0.1) is 0 Å². The number of benzene rings is 2. The van der Waals surface area contributed by atoms with Gasteiger partial charge in [-0.25, -0.2) is 9.78 Å². The summed E-state index contributed by atoms with van der Waals surface area (Å²) in [7, 11) is 0. The molecule has 168 valence electrons. The maximum Gasteiger partial charge on any atom is 0.338 e. The van der Waals surface area contributed by atoms with Crippen molar-refractivity contribution in [2.24, 2.45) is 0 Å². The van der Waals surface area contributed by atoms with Crippen molar-refractivity contribution in [1.29, 1.82) is 0 Å². The highest BCUT2D eigenvalue weighted by atomic mass is 32.1. The van der Waals surface area contributed by atoms with E-state index >= 15 is 0 Å². The Hall–Kier alpha value is -3.25. The predicted molar refractivity (Wildman–Crippen MR) is 132 cm³/mol. The van der Waals surface area contributed by atoms with Crippen LogP contribution in [0.5, 0.6) is 0 Å². The number of esters is 1. The minimum Gasteiger partial charge on any atom is -0.462 e. The van der Waals surface area contributed by atoms with Gasteiger partial charge in [0.05, 0.1) is 30.4 Å². The van der Waals surface area contributed by atoms with E-state index in [4.69, 9.17) is 4.74 Å². The molecule has 0 atom stereocenters. The lowest BCUT2D eigenvalue weighted by Gasteiger charge is -2.16. The van der Waals surface area contributed by atoms with Crippen molar-refractivity contribution in [2.75, 3.05) is 6.61 Å². The molecule has 0 spiro atoms. The van der Waals surface area contributed by atoms with Gasteiger partial charge in [-0.05, 0) is 66.5 Å². The van der Waals surface area contributed by atoms with E-state index in [1.54, 1.807) is 23.0 Å². The fourth-order valence-electron chi connectivity index (χ4n) is 4.47. The summed E-state index contributed by atoms with van der Waals surface area (Å²) in [5.74, 6) is -0.341. The van der Waals surface area contributed by atoms with Crippen LogP contribution in [0.15, 0.2) is 59.0 Å². The van der Waals surface area contributed by atoms with Gasteiger partial charge in [0.25, 0.3) is 5.56 Å². The Bertz CT molecular complexity index is 1390. The third-order valence-electron chi connectivity index (χ3n) is 6.17. The normalized spacial score (nSPS) is 13.1. The van der Waals surface area contributed by atoms with Crippen molar-refractivity contribution in [3.8, 4) is 11.1 Å². The molecule has 1 aliphatic rings. The highest BCUT2D eigenvalue weighted by molar-refractivity contribution is 7.17. The summed E-state index contributed by atoms with van der Waals surface area (Å²) in [6.07, 6.45) is 7.09. The van der Waals surface area contributed by atoms with E-state index in [1.165, 1.54) is 35.3 Å². The highest BCUT2D eigenvalue weighted by Crippen LogP contribution is 2.33. The fraction of sp³-hybridized carbons (Fsp3) is 0.296. The number of nitrogens with zero attached hydrogens (tertiary/aromatic N) is 2. The summed E-state index contributed by atoms with van der Waals surface area (Å²) >= 11 is 1.50. The Labute approximate surface area is 196 Å². The van der Waals surface area contributed by atoms with Crippen LogP contribution in [0.3, 0.4) is 0 Å². The first-order valence-corrected chi connectivity index (χ1v) is 12.4. The van der Waals surface area contributed by atoms with Gasteiger partial charge in [0.15, 0.2) is 0 Å². The van der Waals surface area contributed by atoms with Crippen molar-refractivity contribution >= 4 is 27.5 Å². The number of ether oxygens (including phenoxy) is 1. The number of fused-ring (bicyclic) bond motifs is 2. The zero-order chi connectivity index (χ0) is 22.8. The van der Waals surface area contributed by atoms with E-state index in [0.717, 1.165) is 40.8 Å². The van der Waals surface area contributed by atoms with Gasteiger partial charge in [-0.15, -0.1) is 11.3 Å². The molecule has 0 aliphatic heterocycles. The van der Waals surface area contributed by atoms with Crippen molar-refractivity contribution < 1.29 is 9.53 Å². The molecule has 4 aromatic rings. The summed E-state index contributed by atoms with van der Waals surface area (Å²) in [5.41, 5.74) is 6.15. The lowest BCUT2D eigenvalue weighted by atomic mass is 9.89. The van der Waals surface area contributed by atoms with Gasteiger partial charge in [-0.3, -0.25) is 9.36 Å². The van der Waals surface area contributed by atoms with Gasteiger partial charge >= 0.3 is 5.97 Å². The minimum atomic E-state index is -0.341. The van der Waals surface area contributed by atoms with Crippen LogP contribution in [0.25, 0.3) is 21.3 Å². The largest absolute Gasteiger partial charge is 0.462 e. The minimum absolute atomic E-state index is 0.0621. The number of rotatable bonds is 6. The molecule has 2 heterocycles. The van der Waals surface area contributed by atoms with E-state index < -0.39 is 0 Å². The first-order chi connectivity index (χ1) is 16.1. The molecule has 0 fully saturated rings. The third-order valence-corrected chi connectivity index (χ3v) is 7.06. The molecular formula is C27H26N2O3S. The molecule has 0 N–H and O–H groups in total. The molecular weight excluding hydrogens is 432 g/mol. The van der Waals surface area contributed by atoms with Crippen LogP contribution < -0.4 is 5.56 Å². The smallest absolute Gasteiger partial charge is 0.338 e. The quantitative estimate of drug-likeness (QED) is 0.352. The van der Waals surface area contributed by atoms with Crippen LogP contribution in [-0.2, 0) is 24.1 Å². The summed E-state index contributed by atoms with van der Waals surface area (Å²) < 4.78 is 6.86. The average molecular weight is 459 g/mol. The number of thiophene rings is 1. The Balaban J connectivity index is 1.48. The van der Waals surface area contributed by atoms with Gasteiger partial charge < -0.3 is 4.74 Å². The number of carbonyl (C=O) groups is 1. The molecule has 6 heteroatoms. The monoisotopic (exact) mass is 458 g/mol. The molecule has 2 aromatic carbocycles. The van der Waals surface area contributed by atoms with Crippen molar-refractivity contribution in [1.82, 2.24) is 9.55 Å². The summed E-state index contributed by atoms with van der Waals surface area (Å²) in [6, 6.07) is 13.8. The number of hydrogen-bond donors (Lipinski definition) is 0. The molecule has 0 amide bonds. The Morgan fingerprint density at radius 1 is 1.12 bits per heavy atom. The van der Waals surface area contributed by atoms with Gasteiger partial charge in [-0.1, -0.05) is 37.3 Å². The van der Waals surface area contributed by atoms with Gasteiger partial charge in [0, 0.05) is 10.9 Å². The summed E-state index contributed by atoms with van der Waals surface area (Å²) in [5, 5.41) is 2.70. The zero-order valence-electron chi connectivity index (χ0n) is 18.7. The average Bonchev–Trinajstić information content (AvgIpc) is 3.29. The van der Waals surface area contributed by atoms with Crippen LogP contribution in [-0.4, -0.2) is 22.1 Å². The molecule has 5 nitrogen and oxygen atoms in total.